The van der Waals surface area contributed by atoms with Gasteiger partial charge >= 0.3 is 5.97 Å². The predicted molar refractivity (Wildman–Crippen MR) is 85.9 cm³/mol. The van der Waals surface area contributed by atoms with Crippen molar-refractivity contribution in [2.45, 2.75) is 18.5 Å². The number of likely N-dealkylation sites (N-methyl/N-ethyl adjacent to an activating group) is 2. The number of nitrogens with zero attached hydrogens (tertiary/aromatic N) is 2. The van der Waals surface area contributed by atoms with Gasteiger partial charge in [-0.3, -0.25) is 14.5 Å². The number of hydrogen-bond donors (Lipinski definition) is 1. The van der Waals surface area contributed by atoms with E-state index in [1.807, 2.05) is 0 Å². The standard InChI is InChI=1S/C17H22F2N2O4/c1-20(7-8-25-3)16(22)11-9-13(17(23)24)21(2)15(11)10-5-4-6-12(18)14(10)19/h4-6,11,13,15H,7-9H2,1-3H3,(H,23,24)/t11-,13-,15-/m0/s1. The summed E-state index contributed by atoms with van der Waals surface area (Å²) in [6, 6.07) is 1.93. The summed E-state index contributed by atoms with van der Waals surface area (Å²) in [6.45, 7) is 0.651. The van der Waals surface area contributed by atoms with Crippen molar-refractivity contribution in [1.82, 2.24) is 9.80 Å². The average molecular weight is 356 g/mol. The summed E-state index contributed by atoms with van der Waals surface area (Å²) in [4.78, 5) is 27.1. The molecule has 1 saturated heterocycles. The third-order valence-electron chi connectivity index (χ3n) is 4.70. The minimum Gasteiger partial charge on any atom is -0.480 e. The van der Waals surface area contributed by atoms with Crippen LogP contribution in [0.4, 0.5) is 8.78 Å². The number of carbonyl (C=O) groups is 2. The van der Waals surface area contributed by atoms with Gasteiger partial charge in [0.1, 0.15) is 6.04 Å². The van der Waals surface area contributed by atoms with Gasteiger partial charge in [0, 0.05) is 26.3 Å². The maximum atomic E-state index is 14.3. The highest BCUT2D eigenvalue weighted by Gasteiger charge is 2.48. The molecule has 3 atom stereocenters. The van der Waals surface area contributed by atoms with E-state index in [0.29, 0.717) is 13.2 Å². The second-order valence-electron chi connectivity index (χ2n) is 6.20. The van der Waals surface area contributed by atoms with Crippen molar-refractivity contribution in [3.63, 3.8) is 0 Å². The van der Waals surface area contributed by atoms with Crippen LogP contribution < -0.4 is 0 Å². The number of carboxylic acid groups (broad SMARTS) is 1. The van der Waals surface area contributed by atoms with Gasteiger partial charge in [-0.05, 0) is 19.5 Å². The number of carboxylic acids is 1. The molecule has 0 spiro atoms. The second kappa shape index (κ2) is 7.88. The van der Waals surface area contributed by atoms with E-state index in [1.165, 1.54) is 36.1 Å². The lowest BCUT2D eigenvalue weighted by atomic mass is 9.91. The van der Waals surface area contributed by atoms with E-state index in [9.17, 15) is 23.5 Å². The molecule has 6 nitrogen and oxygen atoms in total. The molecule has 25 heavy (non-hydrogen) atoms. The van der Waals surface area contributed by atoms with Gasteiger partial charge in [0.2, 0.25) is 5.91 Å². The van der Waals surface area contributed by atoms with Crippen molar-refractivity contribution < 1.29 is 28.2 Å². The minimum atomic E-state index is -1.10. The largest absolute Gasteiger partial charge is 0.480 e. The third-order valence-corrected chi connectivity index (χ3v) is 4.70. The van der Waals surface area contributed by atoms with Gasteiger partial charge in [0.15, 0.2) is 11.6 Å². The van der Waals surface area contributed by atoms with Gasteiger partial charge in [0.05, 0.1) is 18.6 Å². The smallest absolute Gasteiger partial charge is 0.320 e. The second-order valence-corrected chi connectivity index (χ2v) is 6.20. The Labute approximate surface area is 145 Å². The Balaban J connectivity index is 2.39. The predicted octanol–water partition coefficient (Wildman–Crippen LogP) is 1.52. The fraction of sp³-hybridized carbons (Fsp3) is 0.529. The SMILES string of the molecule is COCCN(C)C(=O)[C@H]1C[C@@H](C(=O)O)N(C)[C@H]1c1cccc(F)c1F. The zero-order valence-corrected chi connectivity index (χ0v) is 14.4. The van der Waals surface area contributed by atoms with Gasteiger partial charge in [0.25, 0.3) is 0 Å². The molecule has 0 aromatic heterocycles. The van der Waals surface area contributed by atoms with Crippen LogP contribution in [0.15, 0.2) is 18.2 Å². The maximum absolute atomic E-state index is 14.3. The van der Waals surface area contributed by atoms with Gasteiger partial charge in [-0.1, -0.05) is 12.1 Å². The molecule has 1 aromatic rings. The van der Waals surface area contributed by atoms with Crippen LogP contribution in [0.1, 0.15) is 18.0 Å². The normalized spacial score (nSPS) is 23.6. The van der Waals surface area contributed by atoms with Crippen LogP contribution in [-0.4, -0.2) is 67.2 Å². The summed E-state index contributed by atoms with van der Waals surface area (Å²) in [6.07, 6.45) is 0.0304. The molecule has 2 rings (SSSR count). The van der Waals surface area contributed by atoms with E-state index >= 15 is 0 Å². The van der Waals surface area contributed by atoms with Crippen molar-refractivity contribution >= 4 is 11.9 Å². The Hall–Kier alpha value is -2.06. The molecule has 0 saturated carbocycles. The Kier molecular flexibility index (Phi) is 6.07. The van der Waals surface area contributed by atoms with E-state index in [2.05, 4.69) is 0 Å². The lowest BCUT2D eigenvalue weighted by Gasteiger charge is -2.29. The molecular formula is C17H22F2N2O4. The van der Waals surface area contributed by atoms with Crippen LogP contribution in [0.25, 0.3) is 0 Å². The van der Waals surface area contributed by atoms with Crippen LogP contribution in [0.2, 0.25) is 0 Å². The van der Waals surface area contributed by atoms with Crippen LogP contribution >= 0.6 is 0 Å². The average Bonchev–Trinajstić information content (AvgIpc) is 2.92. The van der Waals surface area contributed by atoms with Crippen LogP contribution in [-0.2, 0) is 14.3 Å². The number of aliphatic carboxylic acids is 1. The van der Waals surface area contributed by atoms with Crippen LogP contribution in [0.3, 0.4) is 0 Å². The molecule has 1 amide bonds. The molecule has 1 heterocycles. The summed E-state index contributed by atoms with van der Waals surface area (Å²) in [5, 5.41) is 9.40. The molecule has 0 aliphatic carbocycles. The zero-order valence-electron chi connectivity index (χ0n) is 14.4. The first-order valence-corrected chi connectivity index (χ1v) is 7.92. The van der Waals surface area contributed by atoms with Crippen molar-refractivity contribution in [3.05, 3.63) is 35.4 Å². The van der Waals surface area contributed by atoms with E-state index in [-0.39, 0.29) is 17.9 Å². The number of rotatable bonds is 6. The fourth-order valence-electron chi connectivity index (χ4n) is 3.33. The van der Waals surface area contributed by atoms with Crippen molar-refractivity contribution in [3.8, 4) is 0 Å². The Morgan fingerprint density at radius 2 is 2.08 bits per heavy atom. The van der Waals surface area contributed by atoms with Gasteiger partial charge in [-0.15, -0.1) is 0 Å². The number of methoxy groups -OCH3 is 1. The molecule has 138 valence electrons. The molecule has 1 aliphatic heterocycles. The number of benzene rings is 1. The first-order chi connectivity index (χ1) is 11.8. The highest BCUT2D eigenvalue weighted by Crippen LogP contribution is 2.42. The molecule has 1 aromatic carbocycles. The van der Waals surface area contributed by atoms with Gasteiger partial charge in [-0.25, -0.2) is 8.78 Å². The molecular weight excluding hydrogens is 334 g/mol. The monoisotopic (exact) mass is 356 g/mol. The summed E-state index contributed by atoms with van der Waals surface area (Å²) < 4.78 is 32.9. The molecule has 1 N–H and O–H groups in total. The third kappa shape index (κ3) is 3.80. The first-order valence-electron chi connectivity index (χ1n) is 7.92. The highest BCUT2D eigenvalue weighted by atomic mass is 19.2. The molecule has 1 aliphatic rings. The number of carbonyl (C=O) groups excluding carboxylic acids is 1. The van der Waals surface area contributed by atoms with Crippen molar-refractivity contribution in [1.29, 1.82) is 0 Å². The van der Waals surface area contributed by atoms with Gasteiger partial charge in [-0.2, -0.15) is 0 Å². The van der Waals surface area contributed by atoms with Crippen molar-refractivity contribution in [2.24, 2.45) is 5.92 Å². The van der Waals surface area contributed by atoms with Crippen LogP contribution in [0, 0.1) is 17.6 Å². The Morgan fingerprint density at radius 1 is 1.40 bits per heavy atom. The number of hydrogen-bond acceptors (Lipinski definition) is 4. The maximum Gasteiger partial charge on any atom is 0.320 e. The van der Waals surface area contributed by atoms with Crippen LogP contribution in [0.5, 0.6) is 0 Å². The number of likely N-dealkylation sites (tertiary alicyclic amines) is 1. The van der Waals surface area contributed by atoms with E-state index in [1.54, 1.807) is 7.05 Å². The van der Waals surface area contributed by atoms with E-state index < -0.39 is 35.6 Å². The Bertz CT molecular complexity index is 656. The fourth-order valence-corrected chi connectivity index (χ4v) is 3.33. The lowest BCUT2D eigenvalue weighted by Crippen LogP contribution is -2.38. The summed E-state index contributed by atoms with van der Waals surface area (Å²) in [7, 11) is 4.59. The molecule has 0 radical (unpaired) electrons. The zero-order chi connectivity index (χ0) is 18.7. The summed E-state index contributed by atoms with van der Waals surface area (Å²) in [5.74, 6) is -4.28. The summed E-state index contributed by atoms with van der Waals surface area (Å²) >= 11 is 0. The van der Waals surface area contributed by atoms with E-state index in [4.69, 9.17) is 4.74 Å². The molecule has 1 fully saturated rings. The van der Waals surface area contributed by atoms with Crippen molar-refractivity contribution in [2.75, 3.05) is 34.4 Å². The quantitative estimate of drug-likeness (QED) is 0.837. The topological polar surface area (TPSA) is 70.1 Å². The molecule has 8 heteroatoms. The summed E-state index contributed by atoms with van der Waals surface area (Å²) in [5.41, 5.74) is -0.00950. The molecule has 0 unspecified atom stereocenters. The Morgan fingerprint density at radius 3 is 2.68 bits per heavy atom. The minimum absolute atomic E-state index is 0.00950. The molecule has 0 bridgehead atoms. The van der Waals surface area contributed by atoms with Gasteiger partial charge < -0.3 is 14.7 Å². The van der Waals surface area contributed by atoms with E-state index in [0.717, 1.165) is 6.07 Å². The lowest BCUT2D eigenvalue weighted by molar-refractivity contribution is -0.142. The highest BCUT2D eigenvalue weighted by molar-refractivity contribution is 5.83. The number of amides is 1. The number of halogens is 2. The number of ether oxygens (including phenoxy) is 1. The first kappa shape index (κ1) is 19.3.